The molecule has 84 valence electrons. The molecule has 0 saturated carbocycles. The van der Waals surface area contributed by atoms with Gasteiger partial charge in [0.15, 0.2) is 0 Å². The van der Waals surface area contributed by atoms with Gasteiger partial charge in [-0.2, -0.15) is 0 Å². The van der Waals surface area contributed by atoms with E-state index in [0.29, 0.717) is 0 Å². The van der Waals surface area contributed by atoms with Crippen molar-refractivity contribution >= 4 is 0 Å². The van der Waals surface area contributed by atoms with Crippen LogP contribution in [0.4, 0.5) is 0 Å². The average Bonchev–Trinajstić information content (AvgIpc) is 2.83. The van der Waals surface area contributed by atoms with Crippen LogP contribution in [-0.4, -0.2) is 49.1 Å². The Morgan fingerprint density at radius 3 is 2.14 bits per heavy atom. The zero-order chi connectivity index (χ0) is 10.4. The van der Waals surface area contributed by atoms with Crippen LogP contribution in [0.1, 0.15) is 39.5 Å². The minimum atomic E-state index is 0.864. The minimum absolute atomic E-state index is 0.864. The highest BCUT2D eigenvalue weighted by molar-refractivity contribution is 4.81. The van der Waals surface area contributed by atoms with Crippen LogP contribution in [0.5, 0.6) is 0 Å². The van der Waals surface area contributed by atoms with E-state index < -0.39 is 0 Å². The molecule has 0 N–H and O–H groups in total. The second kappa shape index (κ2) is 6.41. The molecule has 0 aromatic carbocycles. The summed E-state index contributed by atoms with van der Waals surface area (Å²) in [7, 11) is 2.27. The van der Waals surface area contributed by atoms with Crippen LogP contribution < -0.4 is 0 Å². The maximum Gasteiger partial charge on any atom is 0.0220 e. The third-order valence-electron chi connectivity index (χ3n) is 3.34. The van der Waals surface area contributed by atoms with Gasteiger partial charge in [0.25, 0.3) is 0 Å². The van der Waals surface area contributed by atoms with Crippen LogP contribution in [0.2, 0.25) is 0 Å². The fourth-order valence-electron chi connectivity index (χ4n) is 2.47. The van der Waals surface area contributed by atoms with Crippen molar-refractivity contribution in [1.82, 2.24) is 9.80 Å². The summed E-state index contributed by atoms with van der Waals surface area (Å²) in [5.41, 5.74) is 0. The molecule has 2 heterocycles. The van der Waals surface area contributed by atoms with Crippen LogP contribution in [0.15, 0.2) is 0 Å². The second-order valence-corrected chi connectivity index (χ2v) is 4.28. The van der Waals surface area contributed by atoms with Gasteiger partial charge >= 0.3 is 0 Å². The number of nitrogens with zero attached hydrogens (tertiary/aromatic N) is 2. The second-order valence-electron chi connectivity index (χ2n) is 4.28. The van der Waals surface area contributed by atoms with E-state index in [2.05, 4.69) is 16.8 Å². The van der Waals surface area contributed by atoms with Gasteiger partial charge in [-0.05, 0) is 52.4 Å². The molecule has 0 aromatic rings. The summed E-state index contributed by atoms with van der Waals surface area (Å²) in [6.07, 6.45) is 5.69. The summed E-state index contributed by atoms with van der Waals surface area (Å²) < 4.78 is 0. The summed E-state index contributed by atoms with van der Waals surface area (Å²) in [6, 6.07) is 0.864. The molecule has 2 rings (SSSR count). The van der Waals surface area contributed by atoms with E-state index in [0.717, 1.165) is 6.04 Å². The highest BCUT2D eigenvalue weighted by atomic mass is 15.2. The zero-order valence-electron chi connectivity index (χ0n) is 10.1. The zero-order valence-corrected chi connectivity index (χ0v) is 10.1. The highest BCUT2D eigenvalue weighted by Gasteiger charge is 2.24. The van der Waals surface area contributed by atoms with Crippen LogP contribution in [0.25, 0.3) is 0 Å². The van der Waals surface area contributed by atoms with Gasteiger partial charge in [0, 0.05) is 12.6 Å². The van der Waals surface area contributed by atoms with Gasteiger partial charge in [-0.3, -0.25) is 0 Å². The fraction of sp³-hybridized carbons (Fsp3) is 1.00. The Balaban J connectivity index is 0.000000461. The molecule has 1 unspecified atom stereocenters. The summed E-state index contributed by atoms with van der Waals surface area (Å²) in [5, 5.41) is 0. The molecule has 0 radical (unpaired) electrons. The smallest absolute Gasteiger partial charge is 0.0220 e. The van der Waals surface area contributed by atoms with Gasteiger partial charge < -0.3 is 9.80 Å². The van der Waals surface area contributed by atoms with Crippen molar-refractivity contribution in [2.75, 3.05) is 33.2 Å². The molecule has 2 fully saturated rings. The monoisotopic (exact) mass is 198 g/mol. The quantitative estimate of drug-likeness (QED) is 0.671. The van der Waals surface area contributed by atoms with Gasteiger partial charge in [0.2, 0.25) is 0 Å². The lowest BCUT2D eigenvalue weighted by Gasteiger charge is -2.24. The van der Waals surface area contributed by atoms with Crippen LogP contribution in [-0.2, 0) is 0 Å². The first-order valence-corrected chi connectivity index (χ1v) is 6.29. The van der Waals surface area contributed by atoms with E-state index in [1.807, 2.05) is 13.8 Å². The molecule has 0 aromatic heterocycles. The maximum atomic E-state index is 2.63. The SMILES string of the molecule is CC.CN1CCCC1CN1CCCC1. The lowest BCUT2D eigenvalue weighted by molar-refractivity contribution is 0.220. The molecule has 1 atom stereocenters. The number of rotatable bonds is 2. The molecule has 2 aliphatic heterocycles. The van der Waals surface area contributed by atoms with E-state index >= 15 is 0 Å². The molecule has 14 heavy (non-hydrogen) atoms. The van der Waals surface area contributed by atoms with Gasteiger partial charge in [0.05, 0.1) is 0 Å². The normalized spacial score (nSPS) is 28.9. The molecule has 0 bridgehead atoms. The Labute approximate surface area is 89.3 Å². The molecule has 2 saturated heterocycles. The van der Waals surface area contributed by atoms with Crippen molar-refractivity contribution in [2.24, 2.45) is 0 Å². The molecule has 2 nitrogen and oxygen atoms in total. The van der Waals surface area contributed by atoms with Crippen molar-refractivity contribution in [3.8, 4) is 0 Å². The van der Waals surface area contributed by atoms with E-state index in [4.69, 9.17) is 0 Å². The Hall–Kier alpha value is -0.0800. The van der Waals surface area contributed by atoms with Gasteiger partial charge in [-0.15, -0.1) is 0 Å². The van der Waals surface area contributed by atoms with E-state index in [9.17, 15) is 0 Å². The first kappa shape index (κ1) is 12.0. The Morgan fingerprint density at radius 1 is 1.00 bits per heavy atom. The van der Waals surface area contributed by atoms with Gasteiger partial charge in [-0.1, -0.05) is 13.8 Å². The molecule has 2 aliphatic rings. The number of likely N-dealkylation sites (N-methyl/N-ethyl adjacent to an activating group) is 1. The van der Waals surface area contributed by atoms with Crippen molar-refractivity contribution < 1.29 is 0 Å². The highest BCUT2D eigenvalue weighted by Crippen LogP contribution is 2.18. The molecular formula is C12H26N2. The van der Waals surface area contributed by atoms with Crippen LogP contribution in [0.3, 0.4) is 0 Å². The van der Waals surface area contributed by atoms with Gasteiger partial charge in [-0.25, -0.2) is 0 Å². The number of hydrogen-bond acceptors (Lipinski definition) is 2. The predicted octanol–water partition coefficient (Wildman–Crippen LogP) is 2.20. The minimum Gasteiger partial charge on any atom is -0.302 e. The van der Waals surface area contributed by atoms with Crippen molar-refractivity contribution in [3.63, 3.8) is 0 Å². The average molecular weight is 198 g/mol. The summed E-state index contributed by atoms with van der Waals surface area (Å²) >= 11 is 0. The molecular weight excluding hydrogens is 172 g/mol. The van der Waals surface area contributed by atoms with Crippen molar-refractivity contribution in [1.29, 1.82) is 0 Å². The maximum absolute atomic E-state index is 2.63. The topological polar surface area (TPSA) is 6.48 Å². The Morgan fingerprint density at radius 2 is 1.64 bits per heavy atom. The number of hydrogen-bond donors (Lipinski definition) is 0. The van der Waals surface area contributed by atoms with Crippen LogP contribution >= 0.6 is 0 Å². The first-order chi connectivity index (χ1) is 6.86. The lowest BCUT2D eigenvalue weighted by Crippen LogP contribution is -2.37. The molecule has 2 heteroatoms. The molecule has 0 aliphatic carbocycles. The Kier molecular flexibility index (Phi) is 5.49. The number of likely N-dealkylation sites (tertiary alicyclic amines) is 2. The van der Waals surface area contributed by atoms with Crippen LogP contribution in [0, 0.1) is 0 Å². The molecule has 0 amide bonds. The molecule has 0 spiro atoms. The third-order valence-corrected chi connectivity index (χ3v) is 3.34. The van der Waals surface area contributed by atoms with E-state index in [1.54, 1.807) is 0 Å². The summed E-state index contributed by atoms with van der Waals surface area (Å²) in [6.45, 7) is 9.35. The van der Waals surface area contributed by atoms with E-state index in [1.165, 1.54) is 51.9 Å². The fourth-order valence-corrected chi connectivity index (χ4v) is 2.47. The van der Waals surface area contributed by atoms with Crippen molar-refractivity contribution in [3.05, 3.63) is 0 Å². The predicted molar refractivity (Wildman–Crippen MR) is 62.7 cm³/mol. The van der Waals surface area contributed by atoms with E-state index in [-0.39, 0.29) is 0 Å². The largest absolute Gasteiger partial charge is 0.302 e. The standard InChI is InChI=1S/C10H20N2.C2H6/c1-11-6-4-5-10(11)9-12-7-2-3-8-12;1-2/h10H,2-9H2,1H3;1-2H3. The van der Waals surface area contributed by atoms with Crippen molar-refractivity contribution in [2.45, 2.75) is 45.6 Å². The summed E-state index contributed by atoms with van der Waals surface area (Å²) in [5.74, 6) is 0. The summed E-state index contributed by atoms with van der Waals surface area (Å²) in [4.78, 5) is 5.16. The Bertz CT molecular complexity index is 141. The third kappa shape index (κ3) is 3.25. The van der Waals surface area contributed by atoms with Gasteiger partial charge in [0.1, 0.15) is 0 Å². The first-order valence-electron chi connectivity index (χ1n) is 6.29. The lowest BCUT2D eigenvalue weighted by atomic mass is 10.2.